The molecule has 3 N–H and O–H groups in total. The molecule has 0 saturated heterocycles. The Morgan fingerprint density at radius 3 is 2.64 bits per heavy atom. The van der Waals surface area contributed by atoms with Gasteiger partial charge >= 0.3 is 5.97 Å². The molecule has 9 nitrogen and oxygen atoms in total. The highest BCUT2D eigenvalue weighted by atomic mass is 32.2. The molecule has 0 atom stereocenters. The highest BCUT2D eigenvalue weighted by molar-refractivity contribution is 7.89. The van der Waals surface area contributed by atoms with Crippen molar-refractivity contribution in [3.8, 4) is 0 Å². The van der Waals surface area contributed by atoms with Crippen LogP contribution in [0.2, 0.25) is 0 Å². The number of hydrogen-bond acceptors (Lipinski definition) is 6. The number of aromatic amines is 1. The average molecular weight is 475 g/mol. The first-order valence-corrected chi connectivity index (χ1v) is 12.2. The van der Waals surface area contributed by atoms with E-state index in [2.05, 4.69) is 19.9 Å². The molecular formula is C23H30N4O5S. The van der Waals surface area contributed by atoms with Crippen LogP contribution in [0.5, 0.6) is 0 Å². The Kier molecular flexibility index (Phi) is 7.41. The van der Waals surface area contributed by atoms with Crippen molar-refractivity contribution in [1.82, 2.24) is 14.6 Å². The summed E-state index contributed by atoms with van der Waals surface area (Å²) in [5, 5.41) is 2.77. The lowest BCUT2D eigenvalue weighted by Crippen LogP contribution is -2.18. The number of nitrogens with one attached hydrogen (secondary N) is 3. The van der Waals surface area contributed by atoms with Gasteiger partial charge < -0.3 is 19.9 Å². The van der Waals surface area contributed by atoms with Crippen LogP contribution >= 0.6 is 0 Å². The van der Waals surface area contributed by atoms with Gasteiger partial charge in [-0.15, -0.1) is 0 Å². The molecule has 0 aliphatic carbocycles. The molecule has 1 aromatic carbocycles. The Hall–Kier alpha value is -2.95. The van der Waals surface area contributed by atoms with E-state index in [1.807, 2.05) is 14.1 Å². The van der Waals surface area contributed by atoms with Crippen LogP contribution in [0.15, 0.2) is 23.1 Å². The van der Waals surface area contributed by atoms with Gasteiger partial charge in [0.1, 0.15) is 0 Å². The van der Waals surface area contributed by atoms with E-state index < -0.39 is 16.0 Å². The summed E-state index contributed by atoms with van der Waals surface area (Å²) in [6.45, 7) is 4.64. The van der Waals surface area contributed by atoms with E-state index in [1.165, 1.54) is 19.2 Å². The maximum atomic E-state index is 12.8. The minimum Gasteiger partial charge on any atom is -0.462 e. The van der Waals surface area contributed by atoms with Crippen molar-refractivity contribution in [2.24, 2.45) is 0 Å². The number of rotatable bonds is 9. The number of carbonyl (C=O) groups is 2. The maximum absolute atomic E-state index is 12.8. The second-order valence-corrected chi connectivity index (χ2v) is 9.96. The topological polar surface area (TPSA) is 121 Å². The predicted octanol–water partition coefficient (Wildman–Crippen LogP) is 2.39. The van der Waals surface area contributed by atoms with Crippen LogP contribution in [0.4, 0.5) is 5.69 Å². The number of ether oxygens (including phenoxy) is 1. The van der Waals surface area contributed by atoms with Crippen LogP contribution in [-0.2, 0) is 26.0 Å². The third-order valence-corrected chi connectivity index (χ3v) is 6.89. The number of H-pyrrole nitrogens is 1. The first-order chi connectivity index (χ1) is 15.6. The van der Waals surface area contributed by atoms with Crippen molar-refractivity contribution >= 4 is 39.2 Å². The van der Waals surface area contributed by atoms with Gasteiger partial charge in [0, 0.05) is 22.6 Å². The third kappa shape index (κ3) is 5.18. The molecule has 178 valence electrons. The third-order valence-electron chi connectivity index (χ3n) is 5.48. The van der Waals surface area contributed by atoms with Gasteiger partial charge in [-0.3, -0.25) is 4.79 Å². The number of aryl methyl sites for hydroxylation is 1. The smallest absolute Gasteiger partial charge is 0.340 e. The monoisotopic (exact) mass is 474 g/mol. The largest absolute Gasteiger partial charge is 0.462 e. The molecule has 0 spiro atoms. The number of benzene rings is 1. The Bertz CT molecular complexity index is 1210. The van der Waals surface area contributed by atoms with E-state index >= 15 is 0 Å². The average Bonchev–Trinajstić information content (AvgIpc) is 3.23. The lowest BCUT2D eigenvalue weighted by molar-refractivity contribution is -0.110. The summed E-state index contributed by atoms with van der Waals surface area (Å²) < 4.78 is 32.1. The van der Waals surface area contributed by atoms with Crippen molar-refractivity contribution in [1.29, 1.82) is 0 Å². The van der Waals surface area contributed by atoms with E-state index in [1.54, 1.807) is 26.0 Å². The first-order valence-electron chi connectivity index (χ1n) is 10.7. The van der Waals surface area contributed by atoms with Gasteiger partial charge in [0.2, 0.25) is 10.0 Å². The van der Waals surface area contributed by atoms with E-state index in [9.17, 15) is 18.0 Å². The number of fused-ring (bicyclic) bond motifs is 1. The zero-order valence-electron chi connectivity index (χ0n) is 19.5. The second kappa shape index (κ2) is 9.90. The SMILES string of the molecule is CCOC(=O)c1c(C)[nH]c(C=C2C(=O)Nc3ccc(S(=O)(=O)NC)cc32)c1CCCN(C)C. The standard InChI is InChI=1S/C23H30N4O5S/c1-6-32-23(29)21-14(2)25-20(16(21)8-7-11-27(4)5)13-18-17-12-15(33(30,31)24-3)9-10-19(17)26-22(18)28/h9-10,12-13,24-25H,6-8,11H2,1-5H3,(H,26,28). The van der Waals surface area contributed by atoms with Gasteiger partial charge in [0.25, 0.3) is 5.91 Å². The minimum absolute atomic E-state index is 0.0623. The molecule has 33 heavy (non-hydrogen) atoms. The molecule has 1 aromatic heterocycles. The fraction of sp³-hybridized carbons (Fsp3) is 0.391. The zero-order chi connectivity index (χ0) is 24.3. The summed E-state index contributed by atoms with van der Waals surface area (Å²) in [5.74, 6) is -0.748. The van der Waals surface area contributed by atoms with Gasteiger partial charge in [-0.2, -0.15) is 0 Å². The lowest BCUT2D eigenvalue weighted by Gasteiger charge is -2.11. The van der Waals surface area contributed by atoms with Crippen LogP contribution in [0.25, 0.3) is 11.6 Å². The van der Waals surface area contributed by atoms with Crippen molar-refractivity contribution < 1.29 is 22.7 Å². The highest BCUT2D eigenvalue weighted by Crippen LogP contribution is 2.36. The number of anilines is 1. The number of nitrogens with zero attached hydrogens (tertiary/aromatic N) is 1. The molecule has 10 heteroatoms. The van der Waals surface area contributed by atoms with E-state index in [0.29, 0.717) is 40.2 Å². The Balaban J connectivity index is 2.11. The predicted molar refractivity (Wildman–Crippen MR) is 128 cm³/mol. The summed E-state index contributed by atoms with van der Waals surface area (Å²) in [5.41, 5.74) is 3.89. The highest BCUT2D eigenvalue weighted by Gasteiger charge is 2.28. The number of aromatic nitrogens is 1. The Morgan fingerprint density at radius 1 is 1.27 bits per heavy atom. The molecule has 0 radical (unpaired) electrons. The summed E-state index contributed by atoms with van der Waals surface area (Å²) >= 11 is 0. The van der Waals surface area contributed by atoms with Crippen LogP contribution in [0.1, 0.15) is 46.2 Å². The molecular weight excluding hydrogens is 444 g/mol. The van der Waals surface area contributed by atoms with Crippen molar-refractivity contribution in [3.05, 3.63) is 46.3 Å². The quantitative estimate of drug-likeness (QED) is 0.379. The molecule has 2 aromatic rings. The molecule has 1 aliphatic rings. The lowest BCUT2D eigenvalue weighted by atomic mass is 10.00. The van der Waals surface area contributed by atoms with Crippen molar-refractivity contribution in [3.63, 3.8) is 0 Å². The van der Waals surface area contributed by atoms with Gasteiger partial charge in [0.05, 0.1) is 22.6 Å². The number of carbonyl (C=O) groups excluding carboxylic acids is 2. The summed E-state index contributed by atoms with van der Waals surface area (Å²) in [6.07, 6.45) is 3.09. The molecule has 0 bridgehead atoms. The van der Waals surface area contributed by atoms with Crippen molar-refractivity contribution in [2.45, 2.75) is 31.6 Å². The number of esters is 1. The van der Waals surface area contributed by atoms with E-state index in [0.717, 1.165) is 18.5 Å². The molecule has 0 unspecified atom stereocenters. The van der Waals surface area contributed by atoms with Crippen LogP contribution in [0, 0.1) is 6.92 Å². The molecule has 2 heterocycles. The van der Waals surface area contributed by atoms with Gasteiger partial charge in [-0.1, -0.05) is 0 Å². The minimum atomic E-state index is -3.67. The summed E-state index contributed by atoms with van der Waals surface area (Å²) in [4.78, 5) is 30.8. The van der Waals surface area contributed by atoms with E-state index in [-0.39, 0.29) is 17.4 Å². The molecule has 3 rings (SSSR count). The van der Waals surface area contributed by atoms with Crippen LogP contribution in [0.3, 0.4) is 0 Å². The number of sulfonamides is 1. The van der Waals surface area contributed by atoms with Gasteiger partial charge in [-0.05, 0) is 84.2 Å². The van der Waals surface area contributed by atoms with Crippen LogP contribution in [-0.4, -0.2) is 64.5 Å². The fourth-order valence-corrected chi connectivity index (χ4v) is 4.63. The molecule has 0 saturated carbocycles. The number of amides is 1. The van der Waals surface area contributed by atoms with E-state index in [4.69, 9.17) is 4.74 Å². The van der Waals surface area contributed by atoms with Crippen molar-refractivity contribution in [2.75, 3.05) is 39.6 Å². The van der Waals surface area contributed by atoms with Gasteiger partial charge in [-0.25, -0.2) is 17.9 Å². The molecule has 0 fully saturated rings. The normalized spacial score (nSPS) is 14.6. The Labute approximate surface area is 194 Å². The fourth-order valence-electron chi connectivity index (χ4n) is 3.88. The molecule has 1 amide bonds. The number of hydrogen-bond donors (Lipinski definition) is 3. The first kappa shape index (κ1) is 24.7. The molecule has 1 aliphatic heterocycles. The van der Waals surface area contributed by atoms with Crippen LogP contribution < -0.4 is 10.0 Å². The summed E-state index contributed by atoms with van der Waals surface area (Å²) in [6, 6.07) is 4.48. The Morgan fingerprint density at radius 2 is 2.00 bits per heavy atom. The summed E-state index contributed by atoms with van der Waals surface area (Å²) in [7, 11) is 1.62. The van der Waals surface area contributed by atoms with Gasteiger partial charge in [0.15, 0.2) is 0 Å². The second-order valence-electron chi connectivity index (χ2n) is 8.07. The zero-order valence-corrected chi connectivity index (χ0v) is 20.4. The maximum Gasteiger partial charge on any atom is 0.340 e.